The molecular formula is C11H14N2. The Morgan fingerprint density at radius 3 is 2.85 bits per heavy atom. The Balaban J connectivity index is 3.15. The van der Waals surface area contributed by atoms with Gasteiger partial charge in [0.1, 0.15) is 0 Å². The van der Waals surface area contributed by atoms with Gasteiger partial charge in [-0.1, -0.05) is 18.7 Å². The average molecular weight is 174 g/mol. The number of rotatable bonds is 3. The minimum atomic E-state index is 0.553. The van der Waals surface area contributed by atoms with Crippen molar-refractivity contribution in [3.8, 4) is 0 Å². The number of aliphatic imine (C=N–C) groups is 1. The van der Waals surface area contributed by atoms with Gasteiger partial charge >= 0.3 is 0 Å². The highest BCUT2D eigenvalue weighted by Gasteiger charge is 1.97. The van der Waals surface area contributed by atoms with Gasteiger partial charge in [0.05, 0.1) is 5.69 Å². The molecule has 0 heterocycles. The van der Waals surface area contributed by atoms with E-state index in [1.54, 1.807) is 12.3 Å². The van der Waals surface area contributed by atoms with Crippen LogP contribution in [0, 0.1) is 0 Å². The molecule has 0 saturated carbocycles. The Labute approximate surface area is 78.8 Å². The summed E-state index contributed by atoms with van der Waals surface area (Å²) in [6, 6.07) is 5.95. The van der Waals surface area contributed by atoms with E-state index < -0.39 is 0 Å². The van der Waals surface area contributed by atoms with Crippen molar-refractivity contribution in [3.63, 3.8) is 0 Å². The van der Waals surface area contributed by atoms with Crippen LogP contribution in [0.3, 0.4) is 0 Å². The SMILES string of the molecule is C=Cc1cc(CN)ccc1/N=C\C. The van der Waals surface area contributed by atoms with Crippen LogP contribution in [0.5, 0.6) is 0 Å². The van der Waals surface area contributed by atoms with Crippen molar-refractivity contribution in [2.45, 2.75) is 13.5 Å². The number of nitrogens with two attached hydrogens (primary N) is 1. The van der Waals surface area contributed by atoms with Crippen molar-refractivity contribution in [1.29, 1.82) is 0 Å². The van der Waals surface area contributed by atoms with Gasteiger partial charge in [0.25, 0.3) is 0 Å². The minimum absolute atomic E-state index is 0.553. The normalized spacial score (nSPS) is 10.6. The summed E-state index contributed by atoms with van der Waals surface area (Å²) in [5.41, 5.74) is 8.59. The molecule has 0 spiro atoms. The van der Waals surface area contributed by atoms with E-state index >= 15 is 0 Å². The molecule has 0 unspecified atom stereocenters. The van der Waals surface area contributed by atoms with Crippen LogP contribution in [0.4, 0.5) is 5.69 Å². The fraction of sp³-hybridized carbons (Fsp3) is 0.182. The molecule has 0 aliphatic rings. The monoisotopic (exact) mass is 174 g/mol. The summed E-state index contributed by atoms with van der Waals surface area (Å²) >= 11 is 0. The predicted octanol–water partition coefficient (Wildman–Crippen LogP) is 2.51. The first-order chi connectivity index (χ1) is 6.31. The Bertz CT molecular complexity index is 327. The quantitative estimate of drug-likeness (QED) is 0.702. The molecule has 2 heteroatoms. The van der Waals surface area contributed by atoms with E-state index in [1.165, 1.54) is 0 Å². The van der Waals surface area contributed by atoms with Crippen molar-refractivity contribution >= 4 is 18.0 Å². The van der Waals surface area contributed by atoms with Gasteiger partial charge in [-0.05, 0) is 30.2 Å². The highest BCUT2D eigenvalue weighted by Crippen LogP contribution is 2.21. The summed E-state index contributed by atoms with van der Waals surface area (Å²) in [4.78, 5) is 4.22. The molecule has 1 rings (SSSR count). The molecule has 0 aliphatic heterocycles. The molecule has 0 aromatic heterocycles. The third-order valence-electron chi connectivity index (χ3n) is 1.82. The molecule has 0 aliphatic carbocycles. The highest BCUT2D eigenvalue weighted by atomic mass is 14.7. The van der Waals surface area contributed by atoms with Gasteiger partial charge in [-0.2, -0.15) is 0 Å². The highest BCUT2D eigenvalue weighted by molar-refractivity contribution is 5.69. The van der Waals surface area contributed by atoms with E-state index in [9.17, 15) is 0 Å². The van der Waals surface area contributed by atoms with Gasteiger partial charge in [0, 0.05) is 12.8 Å². The van der Waals surface area contributed by atoms with Crippen LogP contribution in [0.2, 0.25) is 0 Å². The lowest BCUT2D eigenvalue weighted by atomic mass is 10.1. The van der Waals surface area contributed by atoms with Gasteiger partial charge in [-0.25, -0.2) is 0 Å². The number of benzene rings is 1. The standard InChI is InChI=1S/C11H14N2/c1-3-10-7-9(8-12)5-6-11(10)13-4-2/h3-7H,1,8,12H2,2H3/b13-4-. The fourth-order valence-electron chi connectivity index (χ4n) is 1.15. The van der Waals surface area contributed by atoms with E-state index in [-0.39, 0.29) is 0 Å². The average Bonchev–Trinajstić information content (AvgIpc) is 2.19. The van der Waals surface area contributed by atoms with Crippen molar-refractivity contribution in [3.05, 3.63) is 35.9 Å². The van der Waals surface area contributed by atoms with Crippen LogP contribution in [0.25, 0.3) is 6.08 Å². The van der Waals surface area contributed by atoms with Gasteiger partial charge < -0.3 is 5.73 Å². The first-order valence-corrected chi connectivity index (χ1v) is 4.26. The van der Waals surface area contributed by atoms with E-state index in [2.05, 4.69) is 11.6 Å². The molecule has 0 fully saturated rings. The molecule has 68 valence electrons. The third-order valence-corrected chi connectivity index (χ3v) is 1.82. The summed E-state index contributed by atoms with van der Waals surface area (Å²) < 4.78 is 0. The van der Waals surface area contributed by atoms with E-state index in [4.69, 9.17) is 5.73 Å². The van der Waals surface area contributed by atoms with Gasteiger partial charge in [-0.15, -0.1) is 0 Å². The van der Waals surface area contributed by atoms with Crippen LogP contribution < -0.4 is 5.73 Å². The summed E-state index contributed by atoms with van der Waals surface area (Å²) in [6.07, 6.45) is 3.56. The Morgan fingerprint density at radius 1 is 1.54 bits per heavy atom. The summed E-state index contributed by atoms with van der Waals surface area (Å²) in [5, 5.41) is 0. The van der Waals surface area contributed by atoms with Crippen molar-refractivity contribution < 1.29 is 0 Å². The zero-order chi connectivity index (χ0) is 9.68. The Kier molecular flexibility index (Phi) is 3.41. The van der Waals surface area contributed by atoms with Crippen molar-refractivity contribution in [2.75, 3.05) is 0 Å². The van der Waals surface area contributed by atoms with E-state index in [1.807, 2.05) is 25.1 Å². The molecule has 2 N–H and O–H groups in total. The van der Waals surface area contributed by atoms with Crippen molar-refractivity contribution in [2.24, 2.45) is 10.7 Å². The largest absolute Gasteiger partial charge is 0.326 e. The molecule has 13 heavy (non-hydrogen) atoms. The molecule has 0 bridgehead atoms. The second-order valence-electron chi connectivity index (χ2n) is 2.69. The lowest BCUT2D eigenvalue weighted by Crippen LogP contribution is -1.95. The summed E-state index contributed by atoms with van der Waals surface area (Å²) in [5.74, 6) is 0. The maximum Gasteiger partial charge on any atom is 0.0697 e. The van der Waals surface area contributed by atoms with Gasteiger partial charge in [0.15, 0.2) is 0 Å². The molecule has 1 aromatic rings. The Hall–Kier alpha value is -1.41. The fourth-order valence-corrected chi connectivity index (χ4v) is 1.15. The second kappa shape index (κ2) is 4.58. The molecule has 2 nitrogen and oxygen atoms in total. The third kappa shape index (κ3) is 2.26. The van der Waals surface area contributed by atoms with Crippen LogP contribution in [0.1, 0.15) is 18.1 Å². The zero-order valence-electron chi connectivity index (χ0n) is 7.83. The lowest BCUT2D eigenvalue weighted by molar-refractivity contribution is 1.07. The Morgan fingerprint density at radius 2 is 2.31 bits per heavy atom. The van der Waals surface area contributed by atoms with E-state index in [0.717, 1.165) is 16.8 Å². The summed E-state index contributed by atoms with van der Waals surface area (Å²) in [7, 11) is 0. The topological polar surface area (TPSA) is 38.4 Å². The lowest BCUT2D eigenvalue weighted by Gasteiger charge is -2.02. The zero-order valence-corrected chi connectivity index (χ0v) is 7.83. The molecule has 0 atom stereocenters. The van der Waals surface area contributed by atoms with Gasteiger partial charge in [0.2, 0.25) is 0 Å². The minimum Gasteiger partial charge on any atom is -0.326 e. The first kappa shape index (κ1) is 9.68. The second-order valence-corrected chi connectivity index (χ2v) is 2.69. The maximum atomic E-state index is 5.52. The van der Waals surface area contributed by atoms with Crippen LogP contribution in [-0.4, -0.2) is 6.21 Å². The predicted molar refractivity (Wildman–Crippen MR) is 58.3 cm³/mol. The van der Waals surface area contributed by atoms with Crippen LogP contribution >= 0.6 is 0 Å². The number of nitrogens with zero attached hydrogens (tertiary/aromatic N) is 1. The number of hydrogen-bond acceptors (Lipinski definition) is 2. The molecule has 0 saturated heterocycles. The summed E-state index contributed by atoms with van der Waals surface area (Å²) in [6.45, 7) is 6.18. The molecule has 0 radical (unpaired) electrons. The smallest absolute Gasteiger partial charge is 0.0697 e. The maximum absolute atomic E-state index is 5.52. The van der Waals surface area contributed by atoms with Crippen LogP contribution in [0.15, 0.2) is 29.8 Å². The molecule has 1 aromatic carbocycles. The molecule has 0 amide bonds. The van der Waals surface area contributed by atoms with E-state index in [0.29, 0.717) is 6.54 Å². The molecular weight excluding hydrogens is 160 g/mol. The number of hydrogen-bond donors (Lipinski definition) is 1. The van der Waals surface area contributed by atoms with Crippen molar-refractivity contribution in [1.82, 2.24) is 0 Å². The first-order valence-electron chi connectivity index (χ1n) is 4.26. The van der Waals surface area contributed by atoms with Crippen LogP contribution in [-0.2, 0) is 6.54 Å². The van der Waals surface area contributed by atoms with Gasteiger partial charge in [-0.3, -0.25) is 4.99 Å².